The van der Waals surface area contributed by atoms with Gasteiger partial charge in [0.2, 0.25) is 0 Å². The van der Waals surface area contributed by atoms with E-state index in [1.54, 1.807) is 24.3 Å². The van der Waals surface area contributed by atoms with E-state index in [-0.39, 0.29) is 15.1 Å². The molecule has 0 fully saturated rings. The molecule has 2 aromatic rings. The van der Waals surface area contributed by atoms with Gasteiger partial charge < -0.3 is 4.74 Å². The van der Waals surface area contributed by atoms with E-state index < -0.39 is 5.97 Å². The van der Waals surface area contributed by atoms with Gasteiger partial charge in [-0.1, -0.05) is 41.4 Å². The number of benzene rings is 1. The summed E-state index contributed by atoms with van der Waals surface area (Å²) in [6.07, 6.45) is 0. The number of hydrogen-bond donors (Lipinski definition) is 0. The van der Waals surface area contributed by atoms with Crippen LogP contribution in [0.3, 0.4) is 0 Å². The molecule has 82 valence electrons. The van der Waals surface area contributed by atoms with Gasteiger partial charge in [-0.15, -0.1) is 0 Å². The highest BCUT2D eigenvalue weighted by molar-refractivity contribution is 7.09. The molecule has 0 aliphatic carbocycles. The number of halogens is 2. The Bertz CT molecular complexity index is 513. The Hall–Kier alpha value is -1.10. The first-order chi connectivity index (χ1) is 7.68. The number of hydrogen-bond acceptors (Lipinski definition) is 4. The van der Waals surface area contributed by atoms with Crippen LogP contribution < -0.4 is 4.74 Å². The Morgan fingerprint density at radius 1 is 1.25 bits per heavy atom. The maximum Gasteiger partial charge on any atom is 0.356 e. The molecular formula is C10H5Cl2NO2S. The third kappa shape index (κ3) is 2.35. The van der Waals surface area contributed by atoms with Gasteiger partial charge in [-0.05, 0) is 23.7 Å². The van der Waals surface area contributed by atoms with Crippen LogP contribution >= 0.6 is 34.7 Å². The molecule has 0 aliphatic rings. The normalized spacial score (nSPS) is 10.1. The Morgan fingerprint density at radius 2 is 1.94 bits per heavy atom. The fourth-order valence-electron chi connectivity index (χ4n) is 1.03. The van der Waals surface area contributed by atoms with Crippen LogP contribution in [0.2, 0.25) is 10.2 Å². The van der Waals surface area contributed by atoms with Crippen LogP contribution in [-0.4, -0.2) is 10.3 Å². The summed E-state index contributed by atoms with van der Waals surface area (Å²) in [5.41, 5.74) is 0. The molecule has 0 N–H and O–H groups in total. The average Bonchev–Trinajstić information content (AvgIpc) is 2.61. The number of para-hydroxylation sites is 1. The third-order valence-electron chi connectivity index (χ3n) is 1.74. The van der Waals surface area contributed by atoms with Crippen molar-refractivity contribution in [3.8, 4) is 5.75 Å². The summed E-state index contributed by atoms with van der Waals surface area (Å²) in [5.74, 6) is -0.103. The third-order valence-corrected chi connectivity index (χ3v) is 3.51. The lowest BCUT2D eigenvalue weighted by atomic mass is 10.3. The van der Waals surface area contributed by atoms with E-state index in [9.17, 15) is 4.79 Å². The van der Waals surface area contributed by atoms with Crippen LogP contribution in [-0.2, 0) is 0 Å². The second-order valence-corrected chi connectivity index (χ2v) is 4.33. The monoisotopic (exact) mass is 273 g/mol. The number of rotatable bonds is 2. The van der Waals surface area contributed by atoms with Gasteiger partial charge in [0.15, 0.2) is 10.0 Å². The first kappa shape index (κ1) is 11.4. The maximum atomic E-state index is 11.7. The molecule has 0 atom stereocenters. The van der Waals surface area contributed by atoms with Crippen molar-refractivity contribution in [2.75, 3.05) is 0 Å². The molecule has 16 heavy (non-hydrogen) atoms. The van der Waals surface area contributed by atoms with E-state index in [1.807, 2.05) is 6.07 Å². The summed E-state index contributed by atoms with van der Waals surface area (Å²) in [4.78, 5) is 11.9. The Kier molecular flexibility index (Phi) is 3.43. The van der Waals surface area contributed by atoms with E-state index in [4.69, 9.17) is 27.9 Å². The molecule has 0 saturated carbocycles. The molecule has 6 heteroatoms. The van der Waals surface area contributed by atoms with Crippen molar-refractivity contribution in [2.45, 2.75) is 0 Å². The Balaban J connectivity index is 2.18. The molecule has 0 aliphatic heterocycles. The van der Waals surface area contributed by atoms with Crippen LogP contribution in [0.4, 0.5) is 0 Å². The first-order valence-corrected chi connectivity index (χ1v) is 5.79. The van der Waals surface area contributed by atoms with E-state index in [2.05, 4.69) is 4.37 Å². The predicted molar refractivity (Wildman–Crippen MR) is 63.5 cm³/mol. The highest BCUT2D eigenvalue weighted by Crippen LogP contribution is 2.29. The van der Waals surface area contributed by atoms with Crippen molar-refractivity contribution < 1.29 is 9.53 Å². The lowest BCUT2D eigenvalue weighted by Crippen LogP contribution is -2.06. The summed E-state index contributed by atoms with van der Waals surface area (Å²) in [6.45, 7) is 0. The standard InChI is InChI=1S/C10H5Cl2NO2S/c11-7-8(16-13-9(7)12)10(14)15-6-4-2-1-3-5-6/h1-5H. The molecule has 1 heterocycles. The quantitative estimate of drug-likeness (QED) is 0.619. The van der Waals surface area contributed by atoms with Gasteiger partial charge in [-0.3, -0.25) is 0 Å². The predicted octanol–water partition coefficient (Wildman–Crippen LogP) is 3.67. The lowest BCUT2D eigenvalue weighted by molar-refractivity contribution is 0.0740. The van der Waals surface area contributed by atoms with E-state index in [0.717, 1.165) is 11.5 Å². The number of carbonyl (C=O) groups is 1. The zero-order valence-electron chi connectivity index (χ0n) is 7.81. The van der Waals surface area contributed by atoms with Crippen LogP contribution in [0.25, 0.3) is 0 Å². The minimum Gasteiger partial charge on any atom is -0.422 e. The van der Waals surface area contributed by atoms with Crippen molar-refractivity contribution in [3.05, 3.63) is 45.4 Å². The van der Waals surface area contributed by atoms with Crippen molar-refractivity contribution >= 4 is 40.7 Å². The number of esters is 1. The van der Waals surface area contributed by atoms with Gasteiger partial charge in [0.25, 0.3) is 0 Å². The molecule has 0 spiro atoms. The van der Waals surface area contributed by atoms with Crippen molar-refractivity contribution in [1.29, 1.82) is 0 Å². The molecule has 0 unspecified atom stereocenters. The van der Waals surface area contributed by atoms with Gasteiger partial charge in [0.05, 0.1) is 0 Å². The first-order valence-electron chi connectivity index (χ1n) is 4.26. The molecule has 3 nitrogen and oxygen atoms in total. The lowest BCUT2D eigenvalue weighted by Gasteiger charge is -2.01. The highest BCUT2D eigenvalue weighted by Gasteiger charge is 2.19. The van der Waals surface area contributed by atoms with E-state index in [0.29, 0.717) is 5.75 Å². The van der Waals surface area contributed by atoms with E-state index >= 15 is 0 Å². The SMILES string of the molecule is O=C(Oc1ccccc1)c1snc(Cl)c1Cl. The Labute approximate surface area is 106 Å². The fourth-order valence-corrected chi connectivity index (χ4v) is 2.11. The summed E-state index contributed by atoms with van der Waals surface area (Å²) >= 11 is 12.3. The second-order valence-electron chi connectivity index (χ2n) is 2.82. The summed E-state index contributed by atoms with van der Waals surface area (Å²) < 4.78 is 8.84. The number of carbonyl (C=O) groups excluding carboxylic acids is 1. The van der Waals surface area contributed by atoms with Crippen molar-refractivity contribution in [2.24, 2.45) is 0 Å². The molecule has 2 rings (SSSR count). The van der Waals surface area contributed by atoms with Crippen LogP contribution in [0.1, 0.15) is 9.67 Å². The van der Waals surface area contributed by atoms with Crippen LogP contribution in [0.5, 0.6) is 5.75 Å². The zero-order chi connectivity index (χ0) is 11.5. The fraction of sp³-hybridized carbons (Fsp3) is 0. The molecule has 0 amide bonds. The number of ether oxygens (including phenoxy) is 1. The minimum atomic E-state index is -0.555. The van der Waals surface area contributed by atoms with Crippen LogP contribution in [0.15, 0.2) is 30.3 Å². The maximum absolute atomic E-state index is 11.7. The number of aromatic nitrogens is 1. The largest absolute Gasteiger partial charge is 0.422 e. The molecule has 0 bridgehead atoms. The summed E-state index contributed by atoms with van der Waals surface area (Å²) in [6, 6.07) is 8.71. The molecule has 0 saturated heterocycles. The van der Waals surface area contributed by atoms with Gasteiger partial charge in [0.1, 0.15) is 10.8 Å². The summed E-state index contributed by atoms with van der Waals surface area (Å²) in [5, 5.41) is 0.249. The highest BCUT2D eigenvalue weighted by atomic mass is 35.5. The van der Waals surface area contributed by atoms with Gasteiger partial charge in [-0.2, -0.15) is 4.37 Å². The van der Waals surface area contributed by atoms with Gasteiger partial charge in [0, 0.05) is 0 Å². The van der Waals surface area contributed by atoms with Crippen molar-refractivity contribution in [3.63, 3.8) is 0 Å². The molecule has 0 radical (unpaired) electrons. The average molecular weight is 274 g/mol. The molecule has 1 aromatic heterocycles. The van der Waals surface area contributed by atoms with Gasteiger partial charge >= 0.3 is 5.97 Å². The van der Waals surface area contributed by atoms with Gasteiger partial charge in [-0.25, -0.2) is 4.79 Å². The molecule has 1 aromatic carbocycles. The smallest absolute Gasteiger partial charge is 0.356 e. The zero-order valence-corrected chi connectivity index (χ0v) is 10.1. The second kappa shape index (κ2) is 4.82. The topological polar surface area (TPSA) is 39.2 Å². The summed E-state index contributed by atoms with van der Waals surface area (Å²) in [7, 11) is 0. The minimum absolute atomic E-state index is 0.117. The molecular weight excluding hydrogens is 269 g/mol. The van der Waals surface area contributed by atoms with Crippen molar-refractivity contribution in [1.82, 2.24) is 4.37 Å². The Morgan fingerprint density at radius 3 is 2.50 bits per heavy atom. The number of nitrogens with zero attached hydrogens (tertiary/aromatic N) is 1. The van der Waals surface area contributed by atoms with E-state index in [1.165, 1.54) is 0 Å². The van der Waals surface area contributed by atoms with Crippen LogP contribution in [0, 0.1) is 0 Å².